The molecule has 1 amide bonds. The Morgan fingerprint density at radius 1 is 1.26 bits per heavy atom. The van der Waals surface area contributed by atoms with E-state index in [2.05, 4.69) is 22.2 Å². The summed E-state index contributed by atoms with van der Waals surface area (Å²) in [4.78, 5) is 21.3. The van der Waals surface area contributed by atoms with E-state index in [1.165, 1.54) is 7.11 Å². The molecule has 0 bridgehead atoms. The third kappa shape index (κ3) is 4.28. The molecule has 0 aliphatic rings. The van der Waals surface area contributed by atoms with Gasteiger partial charge in [-0.3, -0.25) is 4.79 Å². The average Bonchev–Trinajstić information content (AvgIpc) is 3.14. The molecule has 0 aliphatic heterocycles. The van der Waals surface area contributed by atoms with Crippen LogP contribution in [0.1, 0.15) is 30.3 Å². The Labute approximate surface area is 162 Å². The Balaban J connectivity index is 2.05. The second-order valence-electron chi connectivity index (χ2n) is 5.87. The predicted octanol–water partition coefficient (Wildman–Crippen LogP) is 4.60. The van der Waals surface area contributed by atoms with Crippen molar-refractivity contribution in [2.75, 3.05) is 13.7 Å². The normalized spacial score (nSPS) is 10.6. The van der Waals surface area contributed by atoms with E-state index in [0.29, 0.717) is 34.3 Å². The summed E-state index contributed by atoms with van der Waals surface area (Å²) in [6.07, 6.45) is 3.49. The predicted molar refractivity (Wildman–Crippen MR) is 104 cm³/mol. The summed E-state index contributed by atoms with van der Waals surface area (Å²) in [6, 6.07) is 10.6. The smallest absolute Gasteiger partial charge is 0.273 e. The molecule has 0 spiro atoms. The SMILES string of the molecule is CCCCNC(=O)c1nc(-c2cccnc2OC)oc1-c1ccc(Cl)cc1. The summed E-state index contributed by atoms with van der Waals surface area (Å²) < 4.78 is 11.2. The third-order valence-corrected chi connectivity index (χ3v) is 4.21. The minimum absolute atomic E-state index is 0.217. The molecule has 0 atom stereocenters. The number of nitrogens with one attached hydrogen (secondary N) is 1. The lowest BCUT2D eigenvalue weighted by Crippen LogP contribution is -2.25. The van der Waals surface area contributed by atoms with Crippen LogP contribution in [0.25, 0.3) is 22.8 Å². The first-order valence-corrected chi connectivity index (χ1v) is 9.06. The molecule has 7 heteroatoms. The van der Waals surface area contributed by atoms with Gasteiger partial charge in [-0.05, 0) is 42.8 Å². The molecule has 6 nitrogen and oxygen atoms in total. The standard InChI is InChI=1S/C20H20ClN3O3/c1-3-4-11-22-18(25)16-17(13-7-9-14(21)10-8-13)27-20(24-16)15-6-5-12-23-19(15)26-2/h5-10,12H,3-4,11H2,1-2H3,(H,22,25). The third-order valence-electron chi connectivity index (χ3n) is 3.96. The van der Waals surface area contributed by atoms with Gasteiger partial charge >= 0.3 is 0 Å². The molecule has 0 saturated carbocycles. The van der Waals surface area contributed by atoms with Crippen LogP contribution in [0.5, 0.6) is 5.88 Å². The molecule has 3 aromatic rings. The van der Waals surface area contributed by atoms with Crippen molar-refractivity contribution in [3.05, 3.63) is 53.3 Å². The number of benzene rings is 1. The number of oxazole rings is 1. The Hall–Kier alpha value is -2.86. The lowest BCUT2D eigenvalue weighted by Gasteiger charge is -2.03. The molecule has 0 radical (unpaired) electrons. The molecule has 27 heavy (non-hydrogen) atoms. The van der Waals surface area contributed by atoms with Crippen LogP contribution in [-0.4, -0.2) is 29.5 Å². The van der Waals surface area contributed by atoms with Crippen LogP contribution in [0.2, 0.25) is 5.02 Å². The van der Waals surface area contributed by atoms with Gasteiger partial charge in [0.2, 0.25) is 11.8 Å². The maximum Gasteiger partial charge on any atom is 0.273 e. The monoisotopic (exact) mass is 385 g/mol. The van der Waals surface area contributed by atoms with Crippen molar-refractivity contribution in [1.29, 1.82) is 0 Å². The number of halogens is 1. The van der Waals surface area contributed by atoms with Gasteiger partial charge in [-0.2, -0.15) is 0 Å². The summed E-state index contributed by atoms with van der Waals surface area (Å²) >= 11 is 5.98. The first-order chi connectivity index (χ1) is 13.1. The molecule has 0 saturated heterocycles. The molecular formula is C20H20ClN3O3. The second kappa shape index (κ2) is 8.68. The summed E-state index contributed by atoms with van der Waals surface area (Å²) in [6.45, 7) is 2.64. The number of nitrogens with zero attached hydrogens (tertiary/aromatic N) is 2. The van der Waals surface area contributed by atoms with Crippen molar-refractivity contribution in [3.63, 3.8) is 0 Å². The maximum atomic E-state index is 12.7. The van der Waals surface area contributed by atoms with Crippen molar-refractivity contribution >= 4 is 17.5 Å². The number of hydrogen-bond donors (Lipinski definition) is 1. The number of pyridine rings is 1. The van der Waals surface area contributed by atoms with Crippen LogP contribution >= 0.6 is 11.6 Å². The van der Waals surface area contributed by atoms with E-state index in [9.17, 15) is 4.79 Å². The van der Waals surface area contributed by atoms with Crippen LogP contribution < -0.4 is 10.1 Å². The van der Waals surface area contributed by atoms with Gasteiger partial charge in [0, 0.05) is 23.3 Å². The number of carbonyl (C=O) groups excluding carboxylic acids is 1. The van der Waals surface area contributed by atoms with Crippen molar-refractivity contribution < 1.29 is 13.9 Å². The largest absolute Gasteiger partial charge is 0.480 e. The molecule has 2 aromatic heterocycles. The molecule has 0 aliphatic carbocycles. The Morgan fingerprint density at radius 3 is 2.74 bits per heavy atom. The first-order valence-electron chi connectivity index (χ1n) is 8.68. The van der Waals surface area contributed by atoms with Crippen molar-refractivity contribution in [1.82, 2.24) is 15.3 Å². The van der Waals surface area contributed by atoms with E-state index in [1.807, 2.05) is 0 Å². The average molecular weight is 386 g/mol. The molecule has 1 N–H and O–H groups in total. The number of rotatable bonds is 7. The van der Waals surface area contributed by atoms with Crippen molar-refractivity contribution in [3.8, 4) is 28.7 Å². The fraction of sp³-hybridized carbons (Fsp3) is 0.250. The number of unbranched alkanes of at least 4 members (excludes halogenated alkanes) is 1. The number of hydrogen-bond acceptors (Lipinski definition) is 5. The highest BCUT2D eigenvalue weighted by Crippen LogP contribution is 2.33. The van der Waals surface area contributed by atoms with Crippen LogP contribution in [0.4, 0.5) is 0 Å². The molecule has 0 fully saturated rings. The van der Waals surface area contributed by atoms with Gasteiger partial charge in [0.1, 0.15) is 0 Å². The Bertz CT molecular complexity index is 922. The van der Waals surface area contributed by atoms with Crippen molar-refractivity contribution in [2.24, 2.45) is 0 Å². The molecule has 0 unspecified atom stereocenters. The quantitative estimate of drug-likeness (QED) is 0.601. The van der Waals surface area contributed by atoms with Gasteiger partial charge in [-0.25, -0.2) is 9.97 Å². The highest BCUT2D eigenvalue weighted by Gasteiger charge is 2.23. The summed E-state index contributed by atoms with van der Waals surface area (Å²) in [5.74, 6) is 0.734. The zero-order valence-corrected chi connectivity index (χ0v) is 15.9. The fourth-order valence-electron chi connectivity index (χ4n) is 2.56. The topological polar surface area (TPSA) is 77.2 Å². The van der Waals surface area contributed by atoms with E-state index >= 15 is 0 Å². The van der Waals surface area contributed by atoms with Gasteiger partial charge in [-0.15, -0.1) is 0 Å². The number of carbonyl (C=O) groups is 1. The number of aromatic nitrogens is 2. The highest BCUT2D eigenvalue weighted by atomic mass is 35.5. The van der Waals surface area contributed by atoms with Gasteiger partial charge in [0.15, 0.2) is 11.5 Å². The Kier molecular flexibility index (Phi) is 6.08. The van der Waals surface area contributed by atoms with E-state index in [-0.39, 0.29) is 17.5 Å². The maximum absolute atomic E-state index is 12.7. The highest BCUT2D eigenvalue weighted by molar-refractivity contribution is 6.30. The van der Waals surface area contributed by atoms with Crippen LogP contribution in [-0.2, 0) is 0 Å². The van der Waals surface area contributed by atoms with Gasteiger partial charge in [0.25, 0.3) is 5.91 Å². The zero-order chi connectivity index (χ0) is 19.2. The van der Waals surface area contributed by atoms with E-state index in [1.54, 1.807) is 42.6 Å². The zero-order valence-electron chi connectivity index (χ0n) is 15.2. The number of amides is 1. The minimum Gasteiger partial charge on any atom is -0.480 e. The number of methoxy groups -OCH3 is 1. The van der Waals surface area contributed by atoms with Crippen LogP contribution in [0, 0.1) is 0 Å². The summed E-state index contributed by atoms with van der Waals surface area (Å²) in [5, 5.41) is 3.48. The van der Waals surface area contributed by atoms with Gasteiger partial charge in [-0.1, -0.05) is 24.9 Å². The molecule has 2 heterocycles. The van der Waals surface area contributed by atoms with E-state index in [0.717, 1.165) is 12.8 Å². The molecular weight excluding hydrogens is 366 g/mol. The van der Waals surface area contributed by atoms with Gasteiger partial charge in [0.05, 0.1) is 12.7 Å². The van der Waals surface area contributed by atoms with Crippen LogP contribution in [0.15, 0.2) is 47.0 Å². The second-order valence-corrected chi connectivity index (χ2v) is 6.31. The van der Waals surface area contributed by atoms with E-state index in [4.69, 9.17) is 20.8 Å². The van der Waals surface area contributed by atoms with Crippen LogP contribution in [0.3, 0.4) is 0 Å². The van der Waals surface area contributed by atoms with Crippen molar-refractivity contribution in [2.45, 2.75) is 19.8 Å². The molecule has 140 valence electrons. The summed E-state index contributed by atoms with van der Waals surface area (Å²) in [7, 11) is 1.52. The van der Waals surface area contributed by atoms with E-state index < -0.39 is 0 Å². The lowest BCUT2D eigenvalue weighted by molar-refractivity contribution is 0.0949. The number of ether oxygens (including phenoxy) is 1. The fourth-order valence-corrected chi connectivity index (χ4v) is 2.69. The first kappa shape index (κ1) is 18.9. The molecule has 1 aromatic carbocycles. The molecule has 3 rings (SSSR count). The minimum atomic E-state index is -0.286. The Morgan fingerprint density at radius 2 is 2.04 bits per heavy atom. The lowest BCUT2D eigenvalue weighted by atomic mass is 10.1. The van der Waals surface area contributed by atoms with Gasteiger partial charge < -0.3 is 14.5 Å². The summed E-state index contributed by atoms with van der Waals surface area (Å²) in [5.41, 5.74) is 1.50.